The monoisotopic (exact) mass is 275 g/mol. The van der Waals surface area contributed by atoms with Gasteiger partial charge in [-0.25, -0.2) is 9.97 Å². The van der Waals surface area contributed by atoms with E-state index in [0.29, 0.717) is 0 Å². The van der Waals surface area contributed by atoms with Crippen LogP contribution in [-0.2, 0) is 25.9 Å². The first-order valence-corrected chi connectivity index (χ1v) is 7.53. The van der Waals surface area contributed by atoms with E-state index in [4.69, 9.17) is 0 Å². The first kappa shape index (κ1) is 14.8. The van der Waals surface area contributed by atoms with E-state index in [9.17, 15) is 0 Å². The molecule has 0 bridgehead atoms. The fourth-order valence-electron chi connectivity index (χ4n) is 2.34. The first-order chi connectivity index (χ1) is 9.75. The third-order valence-corrected chi connectivity index (χ3v) is 3.36. The Hall–Kier alpha value is -1.62. The summed E-state index contributed by atoms with van der Waals surface area (Å²) in [6.07, 6.45) is 6.95. The Morgan fingerprint density at radius 2 is 1.40 bits per heavy atom. The minimum atomic E-state index is 0.904. The predicted octanol–water partition coefficient (Wildman–Crippen LogP) is 2.67. The highest BCUT2D eigenvalue weighted by Crippen LogP contribution is 2.09. The van der Waals surface area contributed by atoms with E-state index >= 15 is 0 Å². The van der Waals surface area contributed by atoms with Crippen molar-refractivity contribution in [1.29, 1.82) is 0 Å². The number of aromatic amines is 2. The highest BCUT2D eigenvalue weighted by molar-refractivity contribution is 5.04. The number of nitrogens with one attached hydrogen (secondary N) is 2. The summed E-state index contributed by atoms with van der Waals surface area (Å²) >= 11 is 0. The lowest BCUT2D eigenvalue weighted by Gasteiger charge is -2.19. The van der Waals surface area contributed by atoms with Gasteiger partial charge in [-0.15, -0.1) is 0 Å². The van der Waals surface area contributed by atoms with Crippen molar-refractivity contribution in [3.63, 3.8) is 0 Å². The molecule has 2 aromatic rings. The van der Waals surface area contributed by atoms with E-state index in [2.05, 4.69) is 45.6 Å². The van der Waals surface area contributed by atoms with Gasteiger partial charge in [0.2, 0.25) is 0 Å². The fourth-order valence-corrected chi connectivity index (χ4v) is 2.34. The maximum atomic E-state index is 4.37. The number of aryl methyl sites for hydroxylation is 2. The van der Waals surface area contributed by atoms with Crippen LogP contribution in [0, 0.1) is 0 Å². The minimum Gasteiger partial charge on any atom is -0.345 e. The molecule has 0 spiro atoms. The quantitative estimate of drug-likeness (QED) is 0.778. The van der Waals surface area contributed by atoms with E-state index in [1.54, 1.807) is 0 Å². The summed E-state index contributed by atoms with van der Waals surface area (Å²) in [6.45, 7) is 9.32. The van der Waals surface area contributed by atoms with Gasteiger partial charge in [-0.1, -0.05) is 20.8 Å². The molecule has 2 aromatic heterocycles. The Morgan fingerprint density at radius 1 is 0.900 bits per heavy atom. The number of nitrogens with zero attached hydrogens (tertiary/aromatic N) is 3. The van der Waals surface area contributed by atoms with Gasteiger partial charge in [0, 0.05) is 49.7 Å². The maximum absolute atomic E-state index is 4.37. The van der Waals surface area contributed by atoms with Crippen LogP contribution >= 0.6 is 0 Å². The average Bonchev–Trinajstić information content (AvgIpc) is 3.08. The van der Waals surface area contributed by atoms with Gasteiger partial charge in [-0.3, -0.25) is 4.90 Å². The van der Waals surface area contributed by atoms with E-state index in [0.717, 1.165) is 50.5 Å². The molecule has 0 atom stereocenters. The number of imidazole rings is 2. The number of hydrogen-bond donors (Lipinski definition) is 2. The highest BCUT2D eigenvalue weighted by atomic mass is 15.1. The van der Waals surface area contributed by atoms with Crippen LogP contribution in [0.15, 0.2) is 12.4 Å². The van der Waals surface area contributed by atoms with Crippen LogP contribution in [0.3, 0.4) is 0 Å². The standard InChI is InChI=1S/C15H25N5/c1-4-7-20(10-12-8-16-14(5-2)18-12)11-13-9-17-15(6-3)19-13/h8-9H,4-7,10-11H2,1-3H3,(H,16,18)(H,17,19). The molecule has 0 aliphatic rings. The second kappa shape index (κ2) is 7.24. The number of rotatable bonds is 8. The molecule has 110 valence electrons. The Kier molecular flexibility index (Phi) is 5.35. The summed E-state index contributed by atoms with van der Waals surface area (Å²) in [4.78, 5) is 17.9. The lowest BCUT2D eigenvalue weighted by Crippen LogP contribution is -2.24. The van der Waals surface area contributed by atoms with Crippen molar-refractivity contribution in [3.8, 4) is 0 Å². The molecule has 2 N–H and O–H groups in total. The summed E-state index contributed by atoms with van der Waals surface area (Å²) in [6, 6.07) is 0. The summed E-state index contributed by atoms with van der Waals surface area (Å²) in [5, 5.41) is 0. The van der Waals surface area contributed by atoms with Gasteiger partial charge in [-0.2, -0.15) is 0 Å². The van der Waals surface area contributed by atoms with Crippen LogP contribution in [-0.4, -0.2) is 31.4 Å². The molecule has 2 heterocycles. The van der Waals surface area contributed by atoms with E-state index in [-0.39, 0.29) is 0 Å². The zero-order valence-electron chi connectivity index (χ0n) is 12.7. The molecule has 5 heteroatoms. The van der Waals surface area contributed by atoms with Gasteiger partial charge >= 0.3 is 0 Å². The smallest absolute Gasteiger partial charge is 0.105 e. The van der Waals surface area contributed by atoms with E-state index in [1.165, 1.54) is 11.4 Å². The summed E-state index contributed by atoms with van der Waals surface area (Å²) < 4.78 is 0. The molecule has 0 aliphatic carbocycles. The normalized spacial score (nSPS) is 11.4. The summed E-state index contributed by atoms with van der Waals surface area (Å²) in [5.74, 6) is 2.12. The van der Waals surface area contributed by atoms with Gasteiger partial charge in [0.25, 0.3) is 0 Å². The van der Waals surface area contributed by atoms with Gasteiger partial charge in [0.15, 0.2) is 0 Å². The summed E-state index contributed by atoms with van der Waals surface area (Å²) in [5.41, 5.74) is 2.37. The highest BCUT2D eigenvalue weighted by Gasteiger charge is 2.10. The molecule has 0 fully saturated rings. The zero-order chi connectivity index (χ0) is 14.4. The molecule has 0 unspecified atom stereocenters. The molecule has 5 nitrogen and oxygen atoms in total. The van der Waals surface area contributed by atoms with Crippen LogP contribution in [0.5, 0.6) is 0 Å². The largest absolute Gasteiger partial charge is 0.345 e. The topological polar surface area (TPSA) is 60.6 Å². The van der Waals surface area contributed by atoms with Gasteiger partial charge in [0.1, 0.15) is 11.6 Å². The first-order valence-electron chi connectivity index (χ1n) is 7.53. The van der Waals surface area contributed by atoms with Crippen molar-refractivity contribution in [2.75, 3.05) is 6.54 Å². The Bertz CT molecular complexity index is 470. The Labute approximate surface area is 120 Å². The average molecular weight is 275 g/mol. The summed E-state index contributed by atoms with van der Waals surface area (Å²) in [7, 11) is 0. The minimum absolute atomic E-state index is 0.904. The van der Waals surface area contributed by atoms with Gasteiger partial charge < -0.3 is 9.97 Å². The molecule has 2 rings (SSSR count). The number of H-pyrrole nitrogens is 2. The van der Waals surface area contributed by atoms with Crippen molar-refractivity contribution < 1.29 is 0 Å². The molecule has 0 aliphatic heterocycles. The third kappa shape index (κ3) is 3.93. The molecular weight excluding hydrogens is 250 g/mol. The third-order valence-electron chi connectivity index (χ3n) is 3.36. The molecule has 0 aromatic carbocycles. The predicted molar refractivity (Wildman–Crippen MR) is 80.3 cm³/mol. The Balaban J connectivity index is 1.98. The van der Waals surface area contributed by atoms with Crippen LogP contribution in [0.1, 0.15) is 50.2 Å². The van der Waals surface area contributed by atoms with E-state index in [1.807, 2.05) is 12.4 Å². The van der Waals surface area contributed by atoms with Crippen molar-refractivity contribution >= 4 is 0 Å². The zero-order valence-corrected chi connectivity index (χ0v) is 12.7. The van der Waals surface area contributed by atoms with Gasteiger partial charge in [-0.05, 0) is 13.0 Å². The Morgan fingerprint density at radius 3 is 1.75 bits per heavy atom. The van der Waals surface area contributed by atoms with Crippen molar-refractivity contribution in [2.45, 2.75) is 53.1 Å². The lowest BCUT2D eigenvalue weighted by molar-refractivity contribution is 0.252. The van der Waals surface area contributed by atoms with Crippen LogP contribution in [0.2, 0.25) is 0 Å². The molecule has 20 heavy (non-hydrogen) atoms. The fraction of sp³-hybridized carbons (Fsp3) is 0.600. The maximum Gasteiger partial charge on any atom is 0.105 e. The van der Waals surface area contributed by atoms with Crippen LogP contribution < -0.4 is 0 Å². The van der Waals surface area contributed by atoms with E-state index < -0.39 is 0 Å². The van der Waals surface area contributed by atoms with Crippen LogP contribution in [0.4, 0.5) is 0 Å². The molecule has 0 saturated heterocycles. The molecule has 0 radical (unpaired) electrons. The molecule has 0 amide bonds. The second-order valence-corrected chi connectivity index (χ2v) is 5.13. The van der Waals surface area contributed by atoms with Crippen LogP contribution in [0.25, 0.3) is 0 Å². The number of hydrogen-bond acceptors (Lipinski definition) is 3. The van der Waals surface area contributed by atoms with Crippen molar-refractivity contribution in [2.24, 2.45) is 0 Å². The van der Waals surface area contributed by atoms with Crippen molar-refractivity contribution in [1.82, 2.24) is 24.8 Å². The number of aromatic nitrogens is 4. The molecule has 0 saturated carbocycles. The second-order valence-electron chi connectivity index (χ2n) is 5.13. The van der Waals surface area contributed by atoms with Gasteiger partial charge in [0.05, 0.1) is 0 Å². The SMILES string of the molecule is CCCN(Cc1cnc(CC)[nH]1)Cc1cnc(CC)[nH]1. The molecular formula is C15H25N5. The lowest BCUT2D eigenvalue weighted by atomic mass is 10.3. The van der Waals surface area contributed by atoms with Crippen molar-refractivity contribution in [3.05, 3.63) is 35.4 Å².